The van der Waals surface area contributed by atoms with E-state index in [1.54, 1.807) is 0 Å². The molecule has 15 heavy (non-hydrogen) atoms. The summed E-state index contributed by atoms with van der Waals surface area (Å²) in [5.74, 6) is -0.182. The first-order valence-corrected chi connectivity index (χ1v) is 5.36. The van der Waals surface area contributed by atoms with Crippen molar-refractivity contribution >= 4 is 17.4 Å². The maximum Gasteiger partial charge on any atom is 0.143 e. The Morgan fingerprint density at radius 2 is 2.20 bits per heavy atom. The highest BCUT2D eigenvalue weighted by Gasteiger charge is 2.44. The van der Waals surface area contributed by atoms with Crippen LogP contribution >= 0.6 is 11.6 Å². The van der Waals surface area contributed by atoms with Crippen molar-refractivity contribution in [2.75, 3.05) is 0 Å². The molecule has 0 bridgehead atoms. The summed E-state index contributed by atoms with van der Waals surface area (Å²) in [7, 11) is 0. The first-order chi connectivity index (χ1) is 7.01. The Balaban J connectivity index is 2.16. The minimum Gasteiger partial charge on any atom is -0.299 e. The molecule has 0 amide bonds. The van der Waals surface area contributed by atoms with E-state index in [1.165, 1.54) is 18.2 Å². The maximum atomic E-state index is 12.9. The number of Topliss-reactive ketones (excluding diaryl/α,β-unsaturated/α-hetero) is 1. The highest BCUT2D eigenvalue weighted by Crippen LogP contribution is 2.46. The first-order valence-electron chi connectivity index (χ1n) is 4.98. The van der Waals surface area contributed by atoms with Crippen molar-refractivity contribution < 1.29 is 9.18 Å². The SMILES string of the molecule is CC1(C(=O)Cc2cc(F)ccc2Cl)CC1. The number of hydrogen-bond donors (Lipinski definition) is 0. The van der Waals surface area contributed by atoms with Crippen LogP contribution in [0.2, 0.25) is 5.02 Å². The number of ketones is 1. The van der Waals surface area contributed by atoms with Gasteiger partial charge in [-0.2, -0.15) is 0 Å². The molecule has 3 heteroatoms. The standard InChI is InChI=1S/C12H12ClFO/c1-12(4-5-12)11(15)7-8-6-9(14)2-3-10(8)13/h2-3,6H,4-5,7H2,1H3. The average molecular weight is 227 g/mol. The molecule has 1 aliphatic carbocycles. The van der Waals surface area contributed by atoms with E-state index in [-0.39, 0.29) is 23.4 Å². The van der Waals surface area contributed by atoms with Crippen molar-refractivity contribution in [3.63, 3.8) is 0 Å². The second-order valence-electron chi connectivity index (χ2n) is 4.40. The van der Waals surface area contributed by atoms with E-state index in [0.717, 1.165) is 12.8 Å². The Morgan fingerprint density at radius 1 is 1.53 bits per heavy atom. The summed E-state index contributed by atoms with van der Waals surface area (Å²) in [5, 5.41) is 0.467. The minimum absolute atomic E-state index is 0.162. The van der Waals surface area contributed by atoms with Crippen LogP contribution in [0.25, 0.3) is 0 Å². The number of carbonyl (C=O) groups is 1. The second kappa shape index (κ2) is 3.60. The van der Waals surface area contributed by atoms with Crippen molar-refractivity contribution in [3.05, 3.63) is 34.6 Å². The molecule has 1 fully saturated rings. The third-order valence-electron chi connectivity index (χ3n) is 3.03. The molecule has 1 aliphatic rings. The summed E-state index contributed by atoms with van der Waals surface area (Å²) in [6.07, 6.45) is 2.13. The zero-order chi connectivity index (χ0) is 11.1. The van der Waals surface area contributed by atoms with Gasteiger partial charge in [-0.1, -0.05) is 18.5 Å². The summed E-state index contributed by atoms with van der Waals surface area (Å²) in [4.78, 5) is 11.8. The predicted octanol–water partition coefficient (Wildman–Crippen LogP) is 3.39. The zero-order valence-corrected chi connectivity index (χ0v) is 9.27. The van der Waals surface area contributed by atoms with Crippen molar-refractivity contribution in [2.24, 2.45) is 5.41 Å². The molecular weight excluding hydrogens is 215 g/mol. The van der Waals surface area contributed by atoms with Gasteiger partial charge in [0.05, 0.1) is 0 Å². The summed E-state index contributed by atoms with van der Waals surface area (Å²) >= 11 is 5.89. The lowest BCUT2D eigenvalue weighted by atomic mass is 9.97. The van der Waals surface area contributed by atoms with Gasteiger partial charge in [-0.25, -0.2) is 4.39 Å². The minimum atomic E-state index is -0.344. The van der Waals surface area contributed by atoms with Gasteiger partial charge < -0.3 is 0 Å². The van der Waals surface area contributed by atoms with Gasteiger partial charge in [0.15, 0.2) is 0 Å². The molecule has 1 nitrogen and oxygen atoms in total. The highest BCUT2D eigenvalue weighted by molar-refractivity contribution is 6.31. The normalized spacial score (nSPS) is 17.5. The van der Waals surface area contributed by atoms with E-state index in [2.05, 4.69) is 0 Å². The fraction of sp³-hybridized carbons (Fsp3) is 0.417. The van der Waals surface area contributed by atoms with Crippen molar-refractivity contribution in [1.29, 1.82) is 0 Å². The van der Waals surface area contributed by atoms with Crippen LogP contribution in [0.15, 0.2) is 18.2 Å². The van der Waals surface area contributed by atoms with Gasteiger partial charge in [0, 0.05) is 16.9 Å². The molecule has 0 atom stereocenters. The highest BCUT2D eigenvalue weighted by atomic mass is 35.5. The molecule has 1 aromatic carbocycles. The van der Waals surface area contributed by atoms with Crippen molar-refractivity contribution in [3.8, 4) is 0 Å². The van der Waals surface area contributed by atoms with E-state index in [4.69, 9.17) is 11.6 Å². The van der Waals surface area contributed by atoms with Gasteiger partial charge in [0.2, 0.25) is 0 Å². The molecule has 2 rings (SSSR count). The third kappa shape index (κ3) is 2.20. The molecular formula is C12H12ClFO. The van der Waals surface area contributed by atoms with Crippen LogP contribution in [0.5, 0.6) is 0 Å². The largest absolute Gasteiger partial charge is 0.299 e. The van der Waals surface area contributed by atoms with Gasteiger partial charge in [-0.3, -0.25) is 4.79 Å². The summed E-state index contributed by atoms with van der Waals surface area (Å²) in [5.41, 5.74) is 0.421. The summed E-state index contributed by atoms with van der Waals surface area (Å²) in [6.45, 7) is 1.95. The Kier molecular flexibility index (Phi) is 2.55. The number of hydrogen-bond acceptors (Lipinski definition) is 1. The molecule has 0 unspecified atom stereocenters. The molecule has 0 spiro atoms. The van der Waals surface area contributed by atoms with E-state index >= 15 is 0 Å². The monoisotopic (exact) mass is 226 g/mol. The van der Waals surface area contributed by atoms with Crippen LogP contribution < -0.4 is 0 Å². The predicted molar refractivity (Wildman–Crippen MR) is 57.5 cm³/mol. The fourth-order valence-corrected chi connectivity index (χ4v) is 1.72. The molecule has 1 saturated carbocycles. The maximum absolute atomic E-state index is 12.9. The number of benzene rings is 1. The van der Waals surface area contributed by atoms with E-state index in [1.807, 2.05) is 6.92 Å². The fourth-order valence-electron chi connectivity index (χ4n) is 1.53. The lowest BCUT2D eigenvalue weighted by Gasteiger charge is -2.08. The lowest BCUT2D eigenvalue weighted by molar-refractivity contribution is -0.122. The van der Waals surface area contributed by atoms with Gasteiger partial charge >= 0.3 is 0 Å². The van der Waals surface area contributed by atoms with Crippen LogP contribution in [0, 0.1) is 11.2 Å². The number of carbonyl (C=O) groups excluding carboxylic acids is 1. The molecule has 0 saturated heterocycles. The Hall–Kier alpha value is -0.890. The van der Waals surface area contributed by atoms with Crippen LogP contribution in [0.3, 0.4) is 0 Å². The zero-order valence-electron chi connectivity index (χ0n) is 8.52. The molecule has 0 N–H and O–H groups in total. The van der Waals surface area contributed by atoms with Gasteiger partial charge in [-0.05, 0) is 36.6 Å². The van der Waals surface area contributed by atoms with Crippen molar-refractivity contribution in [2.45, 2.75) is 26.2 Å². The first kappa shape index (κ1) is 10.6. The van der Waals surface area contributed by atoms with Gasteiger partial charge in [0.25, 0.3) is 0 Å². The molecule has 0 heterocycles. The van der Waals surface area contributed by atoms with Crippen LogP contribution in [-0.2, 0) is 11.2 Å². The van der Waals surface area contributed by atoms with E-state index in [9.17, 15) is 9.18 Å². The van der Waals surface area contributed by atoms with E-state index < -0.39 is 0 Å². The smallest absolute Gasteiger partial charge is 0.143 e. The molecule has 0 radical (unpaired) electrons. The van der Waals surface area contributed by atoms with Crippen LogP contribution in [-0.4, -0.2) is 5.78 Å². The Morgan fingerprint density at radius 3 is 2.80 bits per heavy atom. The Labute approximate surface area is 93.2 Å². The van der Waals surface area contributed by atoms with Gasteiger partial charge in [0.1, 0.15) is 11.6 Å². The van der Waals surface area contributed by atoms with Crippen molar-refractivity contribution in [1.82, 2.24) is 0 Å². The molecule has 0 aliphatic heterocycles. The van der Waals surface area contributed by atoms with Gasteiger partial charge in [-0.15, -0.1) is 0 Å². The summed E-state index contributed by atoms with van der Waals surface area (Å²) < 4.78 is 12.9. The quantitative estimate of drug-likeness (QED) is 0.772. The Bertz CT molecular complexity index is 410. The molecule has 80 valence electrons. The number of halogens is 2. The molecule has 0 aromatic heterocycles. The lowest BCUT2D eigenvalue weighted by Crippen LogP contribution is -2.14. The van der Waals surface area contributed by atoms with Crippen LogP contribution in [0.4, 0.5) is 4.39 Å². The summed E-state index contributed by atoms with van der Waals surface area (Å²) in [6, 6.07) is 4.13. The second-order valence-corrected chi connectivity index (χ2v) is 4.80. The van der Waals surface area contributed by atoms with E-state index in [0.29, 0.717) is 10.6 Å². The molecule has 1 aromatic rings. The van der Waals surface area contributed by atoms with Crippen LogP contribution in [0.1, 0.15) is 25.3 Å². The third-order valence-corrected chi connectivity index (χ3v) is 3.40. The topological polar surface area (TPSA) is 17.1 Å². The average Bonchev–Trinajstić information content (AvgIpc) is 2.91. The number of rotatable bonds is 3.